The summed E-state index contributed by atoms with van der Waals surface area (Å²) in [6, 6.07) is 0.0400. The van der Waals surface area contributed by atoms with Crippen LogP contribution in [0, 0.1) is 0 Å². The van der Waals surface area contributed by atoms with Gasteiger partial charge in [0.05, 0.1) is 12.1 Å². The molecule has 2 heterocycles. The predicted octanol–water partition coefficient (Wildman–Crippen LogP) is 0.814. The lowest BCUT2D eigenvalue weighted by atomic mass is 10.0. The largest absolute Gasteiger partial charge is 0.378 e. The van der Waals surface area contributed by atoms with Crippen molar-refractivity contribution in [3.05, 3.63) is 0 Å². The molecule has 2 N–H and O–H groups in total. The summed E-state index contributed by atoms with van der Waals surface area (Å²) < 4.78 is 5.51. The Morgan fingerprint density at radius 1 is 1.31 bits per heavy atom. The number of ether oxygens (including phenoxy) is 1. The van der Waals surface area contributed by atoms with Crippen LogP contribution in [0.5, 0.6) is 0 Å². The van der Waals surface area contributed by atoms with E-state index in [2.05, 4.69) is 10.6 Å². The zero-order chi connectivity index (χ0) is 11.2. The number of rotatable bonds is 4. The lowest BCUT2D eigenvalue weighted by Gasteiger charge is -2.22. The highest BCUT2D eigenvalue weighted by molar-refractivity contribution is 5.81. The molecule has 2 rings (SSSR count). The highest BCUT2D eigenvalue weighted by Gasteiger charge is 2.20. The Bertz CT molecular complexity index is 221. The lowest BCUT2D eigenvalue weighted by molar-refractivity contribution is -0.123. The smallest absolute Gasteiger partial charge is 0.237 e. The molecule has 0 saturated carbocycles. The monoisotopic (exact) mass is 226 g/mol. The molecule has 0 aromatic heterocycles. The van der Waals surface area contributed by atoms with E-state index < -0.39 is 0 Å². The Morgan fingerprint density at radius 2 is 2.25 bits per heavy atom. The molecule has 0 bridgehead atoms. The summed E-state index contributed by atoms with van der Waals surface area (Å²) >= 11 is 0. The van der Waals surface area contributed by atoms with E-state index in [9.17, 15) is 4.79 Å². The average Bonchev–Trinajstić information content (AvgIpc) is 2.83. The second-order valence-electron chi connectivity index (χ2n) is 4.72. The third-order valence-electron chi connectivity index (χ3n) is 3.42. The first-order valence-corrected chi connectivity index (χ1v) is 6.49. The van der Waals surface area contributed by atoms with Crippen molar-refractivity contribution in [3.8, 4) is 0 Å². The zero-order valence-electron chi connectivity index (χ0n) is 9.84. The second-order valence-corrected chi connectivity index (χ2v) is 4.72. The lowest BCUT2D eigenvalue weighted by Crippen LogP contribution is -2.47. The minimum absolute atomic E-state index is 0.0400. The van der Waals surface area contributed by atoms with Crippen molar-refractivity contribution in [2.75, 3.05) is 19.7 Å². The van der Waals surface area contributed by atoms with E-state index in [-0.39, 0.29) is 11.9 Å². The molecular weight excluding hydrogens is 204 g/mol. The first-order valence-electron chi connectivity index (χ1n) is 6.49. The van der Waals surface area contributed by atoms with Crippen LogP contribution in [0.25, 0.3) is 0 Å². The van der Waals surface area contributed by atoms with Gasteiger partial charge in [0.1, 0.15) is 0 Å². The van der Waals surface area contributed by atoms with E-state index in [0.29, 0.717) is 6.10 Å². The molecule has 0 aromatic rings. The van der Waals surface area contributed by atoms with Crippen LogP contribution in [0.4, 0.5) is 0 Å². The third kappa shape index (κ3) is 3.46. The van der Waals surface area contributed by atoms with Gasteiger partial charge in [-0.05, 0) is 38.6 Å². The van der Waals surface area contributed by atoms with Gasteiger partial charge in [0, 0.05) is 13.2 Å². The van der Waals surface area contributed by atoms with Crippen LogP contribution in [-0.2, 0) is 9.53 Å². The van der Waals surface area contributed by atoms with Crippen LogP contribution >= 0.6 is 0 Å². The minimum atomic E-state index is 0.0400. The van der Waals surface area contributed by atoms with Gasteiger partial charge in [-0.25, -0.2) is 0 Å². The number of amides is 1. The van der Waals surface area contributed by atoms with Crippen molar-refractivity contribution in [2.24, 2.45) is 0 Å². The molecule has 2 saturated heterocycles. The van der Waals surface area contributed by atoms with E-state index in [4.69, 9.17) is 4.74 Å². The summed E-state index contributed by atoms with van der Waals surface area (Å²) in [6.45, 7) is 2.62. The van der Waals surface area contributed by atoms with Crippen LogP contribution in [0.3, 0.4) is 0 Å². The van der Waals surface area contributed by atoms with Gasteiger partial charge in [0.2, 0.25) is 5.91 Å². The van der Waals surface area contributed by atoms with E-state index in [1.165, 1.54) is 12.8 Å². The van der Waals surface area contributed by atoms with Crippen molar-refractivity contribution in [1.82, 2.24) is 10.6 Å². The molecule has 92 valence electrons. The van der Waals surface area contributed by atoms with Gasteiger partial charge in [-0.3, -0.25) is 4.79 Å². The van der Waals surface area contributed by atoms with Gasteiger partial charge in [-0.2, -0.15) is 0 Å². The number of hydrogen-bond donors (Lipinski definition) is 2. The Kier molecular flexibility index (Phi) is 4.60. The molecule has 2 aliphatic rings. The Hall–Kier alpha value is -0.610. The SMILES string of the molecule is O=C(NCCC1CCCO1)[C@@H]1CCCCN1. The topological polar surface area (TPSA) is 50.4 Å². The number of nitrogens with one attached hydrogen (secondary N) is 2. The summed E-state index contributed by atoms with van der Waals surface area (Å²) in [6.07, 6.45) is 6.99. The molecular formula is C12H22N2O2. The maximum atomic E-state index is 11.8. The molecule has 0 aromatic carbocycles. The number of carbonyl (C=O) groups excluding carboxylic acids is 1. The standard InChI is InChI=1S/C12H22N2O2/c15-12(11-5-1-2-7-13-11)14-8-6-10-4-3-9-16-10/h10-11,13H,1-9H2,(H,14,15)/t10?,11-/m0/s1. The fourth-order valence-electron chi connectivity index (χ4n) is 2.43. The maximum absolute atomic E-state index is 11.8. The van der Waals surface area contributed by atoms with Gasteiger partial charge >= 0.3 is 0 Å². The molecule has 4 nitrogen and oxygen atoms in total. The quantitative estimate of drug-likeness (QED) is 0.746. The van der Waals surface area contributed by atoms with Crippen LogP contribution in [0.1, 0.15) is 38.5 Å². The van der Waals surface area contributed by atoms with Crippen LogP contribution in [0.15, 0.2) is 0 Å². The van der Waals surface area contributed by atoms with E-state index in [0.717, 1.165) is 45.4 Å². The van der Waals surface area contributed by atoms with E-state index in [1.54, 1.807) is 0 Å². The van der Waals surface area contributed by atoms with Gasteiger partial charge in [0.25, 0.3) is 0 Å². The molecule has 0 aliphatic carbocycles. The van der Waals surface area contributed by atoms with Crippen LogP contribution in [-0.4, -0.2) is 37.7 Å². The summed E-state index contributed by atoms with van der Waals surface area (Å²) in [7, 11) is 0. The highest BCUT2D eigenvalue weighted by atomic mass is 16.5. The highest BCUT2D eigenvalue weighted by Crippen LogP contribution is 2.14. The molecule has 1 unspecified atom stereocenters. The number of carbonyl (C=O) groups is 1. The van der Waals surface area contributed by atoms with Crippen LogP contribution in [0.2, 0.25) is 0 Å². The fourth-order valence-corrected chi connectivity index (χ4v) is 2.43. The van der Waals surface area contributed by atoms with Crippen molar-refractivity contribution in [3.63, 3.8) is 0 Å². The minimum Gasteiger partial charge on any atom is -0.378 e. The molecule has 2 atom stereocenters. The van der Waals surface area contributed by atoms with Gasteiger partial charge in [0.15, 0.2) is 0 Å². The Balaban J connectivity index is 1.59. The van der Waals surface area contributed by atoms with E-state index >= 15 is 0 Å². The first kappa shape index (κ1) is 11.9. The first-order chi connectivity index (χ1) is 7.86. The van der Waals surface area contributed by atoms with E-state index in [1.807, 2.05) is 0 Å². The van der Waals surface area contributed by atoms with Gasteiger partial charge in [-0.15, -0.1) is 0 Å². The third-order valence-corrected chi connectivity index (χ3v) is 3.42. The maximum Gasteiger partial charge on any atom is 0.237 e. The second kappa shape index (κ2) is 6.21. The molecule has 4 heteroatoms. The summed E-state index contributed by atoms with van der Waals surface area (Å²) in [4.78, 5) is 11.8. The van der Waals surface area contributed by atoms with Gasteiger partial charge < -0.3 is 15.4 Å². The Morgan fingerprint density at radius 3 is 2.94 bits per heavy atom. The molecule has 2 fully saturated rings. The van der Waals surface area contributed by atoms with Crippen molar-refractivity contribution >= 4 is 5.91 Å². The van der Waals surface area contributed by atoms with Gasteiger partial charge in [-0.1, -0.05) is 6.42 Å². The summed E-state index contributed by atoms with van der Waals surface area (Å²) in [5.74, 6) is 0.165. The van der Waals surface area contributed by atoms with Crippen LogP contribution < -0.4 is 10.6 Å². The molecule has 0 spiro atoms. The number of hydrogen-bond acceptors (Lipinski definition) is 3. The van der Waals surface area contributed by atoms with Crippen molar-refractivity contribution in [2.45, 2.75) is 50.7 Å². The molecule has 16 heavy (non-hydrogen) atoms. The summed E-state index contributed by atoms with van der Waals surface area (Å²) in [5, 5.41) is 6.25. The predicted molar refractivity (Wildman–Crippen MR) is 62.2 cm³/mol. The molecule has 0 radical (unpaired) electrons. The molecule has 1 amide bonds. The molecule has 2 aliphatic heterocycles. The zero-order valence-corrected chi connectivity index (χ0v) is 9.84. The van der Waals surface area contributed by atoms with Crippen molar-refractivity contribution < 1.29 is 9.53 Å². The Labute approximate surface area is 97.1 Å². The normalized spacial score (nSPS) is 30.2. The number of piperidine rings is 1. The van der Waals surface area contributed by atoms with Crippen molar-refractivity contribution in [1.29, 1.82) is 0 Å². The fraction of sp³-hybridized carbons (Fsp3) is 0.917. The average molecular weight is 226 g/mol. The summed E-state index contributed by atoms with van der Waals surface area (Å²) in [5.41, 5.74) is 0.